The molecule has 0 aliphatic rings. The number of aromatic nitrogens is 1. The van der Waals surface area contributed by atoms with E-state index in [1.807, 2.05) is 39.0 Å². The SMILES string of the molecule is CC(C)=CCc1cccc2c(-c3oc(C(O[SiH](C)C)C(C)(C)C)cc(=O)c3O[Si](C)(C)C(C)(C)C)cn(C(=O)OC(C)(C)C)c12. The Labute approximate surface area is 272 Å². The molecule has 3 aromatic rings. The molecule has 0 aliphatic carbocycles. The molecule has 0 aliphatic heterocycles. The van der Waals surface area contributed by atoms with Gasteiger partial charge in [-0.15, -0.1) is 0 Å². The number of carbonyl (C=O) groups is 1. The molecule has 0 fully saturated rings. The normalized spacial score (nSPS) is 13.7. The number of para-hydroxylation sites is 1. The zero-order chi connectivity index (χ0) is 34.3. The molecule has 2 heterocycles. The van der Waals surface area contributed by atoms with Crippen LogP contribution in [0.5, 0.6) is 5.75 Å². The molecule has 0 bridgehead atoms. The fourth-order valence-electron chi connectivity index (χ4n) is 4.75. The fourth-order valence-corrected chi connectivity index (χ4v) is 6.85. The molecule has 0 saturated carbocycles. The number of benzene rings is 1. The molecule has 0 radical (unpaired) electrons. The third-order valence-electron chi connectivity index (χ3n) is 8.01. The van der Waals surface area contributed by atoms with Gasteiger partial charge in [-0.05, 0) is 83.2 Å². The standard InChI is InChI=1S/C36H55NO6Si2/c1-23(2)19-20-24-17-16-18-25-26(22-37(29(24)25)33(39)41-35(6,7)8)30-31(43-45(14,15)36(9,10)11)27(38)21-28(40-30)32(34(3,4)5)42-44(12)13/h16-19,21-22,32,44H,20H2,1-15H3. The van der Waals surface area contributed by atoms with E-state index in [1.54, 1.807) is 10.8 Å². The van der Waals surface area contributed by atoms with Gasteiger partial charge in [0.15, 0.2) is 20.6 Å². The van der Waals surface area contributed by atoms with Crippen molar-refractivity contribution >= 4 is 34.4 Å². The number of allylic oxidation sites excluding steroid dienone is 2. The van der Waals surface area contributed by atoms with E-state index in [2.05, 4.69) is 87.7 Å². The van der Waals surface area contributed by atoms with E-state index in [0.717, 1.165) is 10.9 Å². The second-order valence-electron chi connectivity index (χ2n) is 16.2. The number of fused-ring (bicyclic) bond motifs is 1. The summed E-state index contributed by atoms with van der Waals surface area (Å²) in [5.41, 5.74) is 2.13. The molecule has 1 aromatic carbocycles. The minimum absolute atomic E-state index is 0.165. The molecule has 3 rings (SSSR count). The molecular weight excluding hydrogens is 599 g/mol. The molecule has 1 unspecified atom stereocenters. The quantitative estimate of drug-likeness (QED) is 0.178. The van der Waals surface area contributed by atoms with Gasteiger partial charge in [0.05, 0.1) is 5.52 Å². The van der Waals surface area contributed by atoms with Gasteiger partial charge in [0.25, 0.3) is 8.32 Å². The highest BCUT2D eigenvalue weighted by Gasteiger charge is 2.41. The lowest BCUT2D eigenvalue weighted by molar-refractivity contribution is 0.0544. The second-order valence-corrected chi connectivity index (χ2v) is 23.3. The number of hydrogen-bond donors (Lipinski definition) is 0. The van der Waals surface area contributed by atoms with Crippen molar-refractivity contribution in [3.05, 3.63) is 63.7 Å². The van der Waals surface area contributed by atoms with E-state index in [0.29, 0.717) is 29.0 Å². The Kier molecular flexibility index (Phi) is 10.6. The first-order valence-electron chi connectivity index (χ1n) is 16.0. The van der Waals surface area contributed by atoms with Gasteiger partial charge in [-0.1, -0.05) is 71.4 Å². The Balaban J connectivity index is 2.49. The topological polar surface area (TPSA) is 79.9 Å². The zero-order valence-electron chi connectivity index (χ0n) is 30.2. The third-order valence-corrected chi connectivity index (χ3v) is 13.2. The highest BCUT2D eigenvalue weighted by atomic mass is 28.4. The lowest BCUT2D eigenvalue weighted by Crippen LogP contribution is -2.45. The van der Waals surface area contributed by atoms with Crippen LogP contribution in [0.2, 0.25) is 31.2 Å². The van der Waals surface area contributed by atoms with Crippen molar-refractivity contribution < 1.29 is 22.8 Å². The number of ether oxygens (including phenoxy) is 1. The summed E-state index contributed by atoms with van der Waals surface area (Å²) in [7, 11) is -4.01. The minimum atomic E-state index is -2.49. The summed E-state index contributed by atoms with van der Waals surface area (Å²) < 4.78 is 27.4. The van der Waals surface area contributed by atoms with Gasteiger partial charge < -0.3 is 18.0 Å². The fraction of sp³-hybridized carbons (Fsp3) is 0.556. The van der Waals surface area contributed by atoms with Gasteiger partial charge in [0.2, 0.25) is 5.43 Å². The molecule has 45 heavy (non-hydrogen) atoms. The average Bonchev–Trinajstić information content (AvgIpc) is 3.25. The third kappa shape index (κ3) is 8.68. The maximum Gasteiger partial charge on any atom is 0.419 e. The molecule has 0 spiro atoms. The Bertz CT molecular complexity index is 1620. The summed E-state index contributed by atoms with van der Waals surface area (Å²) in [4.78, 5) is 27.9. The van der Waals surface area contributed by atoms with Crippen LogP contribution in [0.25, 0.3) is 22.2 Å². The van der Waals surface area contributed by atoms with Crippen molar-refractivity contribution in [2.24, 2.45) is 5.41 Å². The van der Waals surface area contributed by atoms with Crippen molar-refractivity contribution in [3.63, 3.8) is 0 Å². The monoisotopic (exact) mass is 653 g/mol. The second kappa shape index (κ2) is 13.1. The molecule has 2 aromatic heterocycles. The number of hydrogen-bond acceptors (Lipinski definition) is 6. The lowest BCUT2D eigenvalue weighted by Gasteiger charge is -2.37. The van der Waals surface area contributed by atoms with Crippen LogP contribution in [0.4, 0.5) is 4.79 Å². The maximum absolute atomic E-state index is 14.2. The first kappa shape index (κ1) is 36.6. The summed E-state index contributed by atoms with van der Waals surface area (Å²) in [5.74, 6) is 0.917. The van der Waals surface area contributed by atoms with Crippen LogP contribution in [0, 0.1) is 5.41 Å². The first-order chi connectivity index (χ1) is 20.4. The van der Waals surface area contributed by atoms with Crippen molar-refractivity contribution in [2.75, 3.05) is 0 Å². The Morgan fingerprint density at radius 2 is 1.67 bits per heavy atom. The Morgan fingerprint density at radius 3 is 2.18 bits per heavy atom. The molecule has 0 amide bonds. The molecular formula is C36H55NO6Si2. The minimum Gasteiger partial charge on any atom is -0.538 e. The molecule has 9 heteroatoms. The van der Waals surface area contributed by atoms with Gasteiger partial charge in [0.1, 0.15) is 17.5 Å². The largest absolute Gasteiger partial charge is 0.538 e. The highest BCUT2D eigenvalue weighted by Crippen LogP contribution is 2.44. The summed E-state index contributed by atoms with van der Waals surface area (Å²) in [5, 5.41) is 0.602. The van der Waals surface area contributed by atoms with E-state index in [1.165, 1.54) is 11.6 Å². The van der Waals surface area contributed by atoms with E-state index in [4.69, 9.17) is 18.0 Å². The van der Waals surface area contributed by atoms with Gasteiger partial charge in [-0.3, -0.25) is 9.36 Å². The van der Waals surface area contributed by atoms with Gasteiger partial charge in [-0.25, -0.2) is 4.79 Å². The summed E-state index contributed by atoms with van der Waals surface area (Å²) in [6.45, 7) is 30.7. The van der Waals surface area contributed by atoms with E-state index >= 15 is 0 Å². The van der Waals surface area contributed by atoms with Crippen molar-refractivity contribution in [2.45, 2.75) is 126 Å². The van der Waals surface area contributed by atoms with Crippen LogP contribution < -0.4 is 9.85 Å². The van der Waals surface area contributed by atoms with Crippen LogP contribution >= 0.6 is 0 Å². The molecule has 1 atom stereocenters. The number of rotatable bonds is 8. The maximum atomic E-state index is 14.2. The molecule has 248 valence electrons. The molecule has 7 nitrogen and oxygen atoms in total. The van der Waals surface area contributed by atoms with Crippen LogP contribution in [0.3, 0.4) is 0 Å². The van der Waals surface area contributed by atoms with Crippen LogP contribution in [0.15, 0.2) is 51.3 Å². The van der Waals surface area contributed by atoms with Crippen LogP contribution in [0.1, 0.15) is 93.6 Å². The molecule has 0 saturated heterocycles. The smallest absolute Gasteiger partial charge is 0.419 e. The predicted octanol–water partition coefficient (Wildman–Crippen LogP) is 10.0. The van der Waals surface area contributed by atoms with E-state index in [-0.39, 0.29) is 21.6 Å². The number of nitrogens with zero attached hydrogens (tertiary/aromatic N) is 1. The summed E-state index contributed by atoms with van der Waals surface area (Å²) in [6, 6.07) is 7.48. The number of carbonyl (C=O) groups excluding carboxylic acids is 1. The van der Waals surface area contributed by atoms with E-state index in [9.17, 15) is 9.59 Å². The Morgan fingerprint density at radius 1 is 1.04 bits per heavy atom. The van der Waals surface area contributed by atoms with Crippen molar-refractivity contribution in [1.82, 2.24) is 4.57 Å². The molecule has 0 N–H and O–H groups in total. The van der Waals surface area contributed by atoms with Crippen LogP contribution in [-0.2, 0) is 15.6 Å². The van der Waals surface area contributed by atoms with Gasteiger partial charge in [-0.2, -0.15) is 0 Å². The average molecular weight is 654 g/mol. The summed E-state index contributed by atoms with van der Waals surface area (Å²) >= 11 is 0. The van der Waals surface area contributed by atoms with Crippen LogP contribution in [-0.4, -0.2) is 33.6 Å². The van der Waals surface area contributed by atoms with Gasteiger partial charge in [0, 0.05) is 23.2 Å². The van der Waals surface area contributed by atoms with Crippen molar-refractivity contribution in [3.8, 4) is 17.1 Å². The Hall–Kier alpha value is -2.89. The van der Waals surface area contributed by atoms with Gasteiger partial charge >= 0.3 is 6.09 Å². The first-order valence-corrected chi connectivity index (χ1v) is 21.6. The summed E-state index contributed by atoms with van der Waals surface area (Å²) in [6.07, 6.45) is 3.55. The van der Waals surface area contributed by atoms with Crippen molar-refractivity contribution in [1.29, 1.82) is 0 Å². The lowest BCUT2D eigenvalue weighted by atomic mass is 9.87. The zero-order valence-corrected chi connectivity index (χ0v) is 32.4. The van der Waals surface area contributed by atoms with E-state index < -0.39 is 35.2 Å². The highest BCUT2D eigenvalue weighted by molar-refractivity contribution is 6.74. The predicted molar refractivity (Wildman–Crippen MR) is 191 cm³/mol.